The Kier molecular flexibility index (Phi) is 3.37. The van der Waals surface area contributed by atoms with Crippen molar-refractivity contribution in [1.29, 1.82) is 0 Å². The van der Waals surface area contributed by atoms with Gasteiger partial charge in [-0.25, -0.2) is 14.8 Å². The highest BCUT2D eigenvalue weighted by Gasteiger charge is 2.30. The summed E-state index contributed by atoms with van der Waals surface area (Å²) in [6.45, 7) is 3.39. The van der Waals surface area contributed by atoms with Crippen LogP contribution in [0, 0.1) is 0 Å². The lowest BCUT2D eigenvalue weighted by Gasteiger charge is -2.13. The molecule has 6 heteroatoms. The lowest BCUT2D eigenvalue weighted by atomic mass is 10.1. The summed E-state index contributed by atoms with van der Waals surface area (Å²) < 4.78 is 3.54. The number of anilines is 1. The Bertz CT molecular complexity index is 851. The highest BCUT2D eigenvalue weighted by molar-refractivity contribution is 5.69. The second-order valence-corrected chi connectivity index (χ2v) is 5.97. The van der Waals surface area contributed by atoms with Crippen molar-refractivity contribution in [3.63, 3.8) is 0 Å². The van der Waals surface area contributed by atoms with E-state index in [-0.39, 0.29) is 11.7 Å². The van der Waals surface area contributed by atoms with Crippen LogP contribution in [0.25, 0.3) is 11.5 Å². The number of rotatable bonds is 4. The third-order valence-corrected chi connectivity index (χ3v) is 4.31. The normalized spacial score (nSPS) is 16.5. The van der Waals surface area contributed by atoms with E-state index in [1.807, 2.05) is 18.2 Å². The molecule has 118 valence electrons. The van der Waals surface area contributed by atoms with Crippen LogP contribution in [0.1, 0.15) is 18.9 Å². The zero-order chi connectivity index (χ0) is 15.8. The summed E-state index contributed by atoms with van der Waals surface area (Å²) in [5.74, 6) is 1.48. The summed E-state index contributed by atoms with van der Waals surface area (Å²) >= 11 is 0. The van der Waals surface area contributed by atoms with E-state index in [0.29, 0.717) is 18.9 Å². The molecule has 0 saturated heterocycles. The zero-order valence-corrected chi connectivity index (χ0v) is 13.1. The summed E-state index contributed by atoms with van der Waals surface area (Å²) in [6.07, 6.45) is 3.30. The smallest absolute Gasteiger partial charge is 0.331 e. The van der Waals surface area contributed by atoms with E-state index in [1.165, 1.54) is 11.9 Å². The van der Waals surface area contributed by atoms with Crippen molar-refractivity contribution in [2.45, 2.75) is 38.9 Å². The Morgan fingerprint density at radius 2 is 2.09 bits per heavy atom. The lowest BCUT2D eigenvalue weighted by Crippen LogP contribution is -2.32. The number of hydrogen-bond acceptors (Lipinski definition) is 4. The van der Waals surface area contributed by atoms with E-state index < -0.39 is 0 Å². The number of fused-ring (bicyclic) bond motifs is 3. The molecule has 1 aromatic rings. The van der Waals surface area contributed by atoms with Crippen LogP contribution < -0.4 is 11.0 Å². The van der Waals surface area contributed by atoms with Gasteiger partial charge in [0.15, 0.2) is 5.82 Å². The molecule has 1 aromatic carbocycles. The summed E-state index contributed by atoms with van der Waals surface area (Å²) in [5, 5.41) is 3.47. The Hall–Kier alpha value is -2.63. The Morgan fingerprint density at radius 1 is 1.26 bits per heavy atom. The van der Waals surface area contributed by atoms with E-state index in [1.54, 1.807) is 9.13 Å². The monoisotopic (exact) mass is 309 g/mol. The number of hydrogen-bond donors (Lipinski definition) is 1. The molecule has 4 rings (SSSR count). The second-order valence-electron chi connectivity index (χ2n) is 5.97. The average molecular weight is 309 g/mol. The van der Waals surface area contributed by atoms with Gasteiger partial charge in [0.25, 0.3) is 0 Å². The number of benzene rings is 1. The SMILES string of the molecule is CCCn1c2ncnc-2c2n(c1=O)C[C@@H](Cc1ccccc1)N2. The van der Waals surface area contributed by atoms with Crippen molar-refractivity contribution in [1.82, 2.24) is 19.1 Å². The van der Waals surface area contributed by atoms with Crippen LogP contribution in [-0.4, -0.2) is 25.1 Å². The molecule has 0 fully saturated rings. The molecule has 0 bridgehead atoms. The largest absolute Gasteiger partial charge is 0.365 e. The fraction of sp³-hybridized carbons (Fsp3) is 0.353. The maximum Gasteiger partial charge on any atom is 0.331 e. The molecule has 0 saturated carbocycles. The minimum Gasteiger partial charge on any atom is -0.365 e. The third-order valence-electron chi connectivity index (χ3n) is 4.31. The number of nitrogens with zero attached hydrogens (tertiary/aromatic N) is 4. The van der Waals surface area contributed by atoms with Crippen LogP contribution in [-0.2, 0) is 19.5 Å². The molecule has 0 aromatic heterocycles. The van der Waals surface area contributed by atoms with Crippen LogP contribution in [0.4, 0.5) is 5.82 Å². The molecule has 0 amide bonds. The topological polar surface area (TPSA) is 64.7 Å². The molecule has 0 spiro atoms. The fourth-order valence-electron chi connectivity index (χ4n) is 3.30. The highest BCUT2D eigenvalue weighted by atomic mass is 16.1. The Morgan fingerprint density at radius 3 is 2.87 bits per heavy atom. The first-order chi connectivity index (χ1) is 11.3. The Labute approximate surface area is 134 Å². The van der Waals surface area contributed by atoms with Crippen LogP contribution in [0.2, 0.25) is 0 Å². The summed E-state index contributed by atoms with van der Waals surface area (Å²) in [6, 6.07) is 10.5. The van der Waals surface area contributed by atoms with Crippen LogP contribution >= 0.6 is 0 Å². The summed E-state index contributed by atoms with van der Waals surface area (Å²) in [7, 11) is 0. The maximum absolute atomic E-state index is 12.8. The third kappa shape index (κ3) is 2.30. The molecule has 0 aliphatic carbocycles. The van der Waals surface area contributed by atoms with Crippen LogP contribution in [0.5, 0.6) is 0 Å². The number of imidazole rings is 1. The maximum atomic E-state index is 12.8. The summed E-state index contributed by atoms with van der Waals surface area (Å²) in [5.41, 5.74) is 2.05. The van der Waals surface area contributed by atoms with Crippen molar-refractivity contribution in [2.24, 2.45) is 0 Å². The molecular formula is C17H19N5O. The second kappa shape index (κ2) is 5.53. The molecule has 0 radical (unpaired) electrons. The molecule has 3 heterocycles. The van der Waals surface area contributed by atoms with Gasteiger partial charge in [-0.1, -0.05) is 37.3 Å². The van der Waals surface area contributed by atoms with Gasteiger partial charge in [-0.15, -0.1) is 0 Å². The number of aromatic nitrogens is 4. The van der Waals surface area contributed by atoms with Gasteiger partial charge in [0.05, 0.1) is 0 Å². The van der Waals surface area contributed by atoms with E-state index in [9.17, 15) is 4.79 Å². The standard InChI is InChI=1S/C17H19N5O/c1-2-8-21-15-14(18-11-19-15)16-20-13(10-22(16)17(21)23)9-12-6-4-3-5-7-12/h3-7,11,13,20H,2,8-10H2,1H3/t13-/m1/s1. The van der Waals surface area contributed by atoms with E-state index in [0.717, 1.165) is 24.4 Å². The van der Waals surface area contributed by atoms with Gasteiger partial charge in [-0.3, -0.25) is 9.13 Å². The van der Waals surface area contributed by atoms with E-state index >= 15 is 0 Å². The van der Waals surface area contributed by atoms with Crippen molar-refractivity contribution in [3.05, 3.63) is 52.7 Å². The minimum absolute atomic E-state index is 0.00193. The van der Waals surface area contributed by atoms with Crippen molar-refractivity contribution in [3.8, 4) is 11.5 Å². The molecular weight excluding hydrogens is 290 g/mol. The van der Waals surface area contributed by atoms with Crippen LogP contribution in [0.3, 0.4) is 0 Å². The zero-order valence-electron chi connectivity index (χ0n) is 13.1. The van der Waals surface area contributed by atoms with Crippen molar-refractivity contribution < 1.29 is 0 Å². The van der Waals surface area contributed by atoms with Gasteiger partial charge in [-0.05, 0) is 18.4 Å². The molecule has 1 N–H and O–H groups in total. The average Bonchev–Trinajstić information content (AvgIpc) is 3.19. The molecule has 0 unspecified atom stereocenters. The molecule has 1 atom stereocenters. The molecule has 23 heavy (non-hydrogen) atoms. The quantitative estimate of drug-likeness (QED) is 0.800. The van der Waals surface area contributed by atoms with Gasteiger partial charge in [-0.2, -0.15) is 0 Å². The Balaban J connectivity index is 1.71. The molecule has 3 aliphatic heterocycles. The minimum atomic E-state index is -0.00193. The van der Waals surface area contributed by atoms with E-state index in [2.05, 4.69) is 34.3 Å². The van der Waals surface area contributed by atoms with Crippen LogP contribution in [0.15, 0.2) is 41.5 Å². The highest BCUT2D eigenvalue weighted by Crippen LogP contribution is 2.29. The van der Waals surface area contributed by atoms with E-state index in [4.69, 9.17) is 0 Å². The first-order valence-electron chi connectivity index (χ1n) is 8.02. The van der Waals surface area contributed by atoms with Gasteiger partial charge in [0, 0.05) is 19.1 Å². The van der Waals surface area contributed by atoms with Gasteiger partial charge < -0.3 is 5.32 Å². The summed E-state index contributed by atoms with van der Waals surface area (Å²) in [4.78, 5) is 21.4. The van der Waals surface area contributed by atoms with Gasteiger partial charge in [0.2, 0.25) is 0 Å². The molecule has 6 nitrogen and oxygen atoms in total. The van der Waals surface area contributed by atoms with Crippen molar-refractivity contribution >= 4 is 5.82 Å². The van der Waals surface area contributed by atoms with Crippen molar-refractivity contribution in [2.75, 3.05) is 5.32 Å². The fourth-order valence-corrected chi connectivity index (χ4v) is 3.30. The van der Waals surface area contributed by atoms with Gasteiger partial charge >= 0.3 is 5.69 Å². The lowest BCUT2D eigenvalue weighted by molar-refractivity contribution is 0.560. The first-order valence-corrected chi connectivity index (χ1v) is 8.02. The predicted octanol–water partition coefficient (Wildman–Crippen LogP) is 1.99. The molecule has 3 aliphatic rings. The predicted molar refractivity (Wildman–Crippen MR) is 88.8 cm³/mol. The van der Waals surface area contributed by atoms with Gasteiger partial charge in [0.1, 0.15) is 17.8 Å². The first kappa shape index (κ1) is 14.0. The number of nitrogens with one attached hydrogen (secondary N) is 1.